The lowest BCUT2D eigenvalue weighted by molar-refractivity contribution is 0.0692. The van der Waals surface area contributed by atoms with Crippen LogP contribution in [-0.4, -0.2) is 21.8 Å². The summed E-state index contributed by atoms with van der Waals surface area (Å²) in [5.41, 5.74) is 0.297. The maximum absolute atomic E-state index is 10.9. The predicted octanol–water partition coefficient (Wildman–Crippen LogP) is 2.92. The fraction of sp³-hybridized carbons (Fsp3) is 0.455. The third-order valence-corrected chi connectivity index (χ3v) is 3.63. The van der Waals surface area contributed by atoms with Crippen LogP contribution in [0.1, 0.15) is 30.6 Å². The summed E-state index contributed by atoms with van der Waals surface area (Å²) in [6.07, 6.45) is 4.15. The Labute approximate surface area is 93.9 Å². The van der Waals surface area contributed by atoms with Crippen LogP contribution < -0.4 is 0 Å². The third-order valence-electron chi connectivity index (χ3n) is 2.23. The first-order valence-electron chi connectivity index (χ1n) is 4.95. The van der Waals surface area contributed by atoms with Crippen LogP contribution in [0.5, 0.6) is 0 Å². The second kappa shape index (κ2) is 5.75. The maximum Gasteiger partial charge on any atom is 0.338 e. The number of rotatable bonds is 5. The quantitative estimate of drug-likeness (QED) is 0.783. The van der Waals surface area contributed by atoms with E-state index >= 15 is 0 Å². The Kier molecular flexibility index (Phi) is 4.62. The van der Waals surface area contributed by atoms with E-state index in [1.165, 1.54) is 6.20 Å². The number of thioether (sulfide) groups is 1. The van der Waals surface area contributed by atoms with E-state index in [1.807, 2.05) is 0 Å². The molecule has 0 saturated heterocycles. The molecule has 0 aliphatic heterocycles. The van der Waals surface area contributed by atoms with E-state index in [4.69, 9.17) is 5.11 Å². The molecule has 0 aromatic carbocycles. The number of nitrogens with zero attached hydrogens (tertiary/aromatic N) is 1. The molecule has 0 amide bonds. The number of pyridine rings is 1. The lowest BCUT2D eigenvalue weighted by Gasteiger charge is -2.09. The van der Waals surface area contributed by atoms with Crippen LogP contribution in [-0.2, 0) is 0 Å². The highest BCUT2D eigenvalue weighted by Crippen LogP contribution is 2.24. The van der Waals surface area contributed by atoms with Crippen molar-refractivity contribution in [2.45, 2.75) is 25.2 Å². The van der Waals surface area contributed by atoms with Crippen LogP contribution in [0.4, 0.5) is 0 Å². The number of aromatic carboxylic acids is 1. The molecule has 4 heteroatoms. The van der Waals surface area contributed by atoms with Gasteiger partial charge in [-0.1, -0.05) is 20.3 Å². The molecule has 15 heavy (non-hydrogen) atoms. The van der Waals surface area contributed by atoms with Crippen LogP contribution in [0.2, 0.25) is 0 Å². The Hall–Kier alpha value is -1.03. The van der Waals surface area contributed by atoms with Crippen molar-refractivity contribution in [1.29, 1.82) is 0 Å². The van der Waals surface area contributed by atoms with Crippen LogP contribution in [0.25, 0.3) is 0 Å². The molecule has 82 valence electrons. The van der Waals surface area contributed by atoms with Gasteiger partial charge >= 0.3 is 5.97 Å². The summed E-state index contributed by atoms with van der Waals surface area (Å²) in [5, 5.41) is 8.93. The third kappa shape index (κ3) is 3.55. The second-order valence-corrected chi connectivity index (χ2v) is 4.56. The van der Waals surface area contributed by atoms with E-state index in [9.17, 15) is 4.79 Å². The maximum atomic E-state index is 10.9. The van der Waals surface area contributed by atoms with Gasteiger partial charge in [-0.25, -0.2) is 4.79 Å². The fourth-order valence-corrected chi connectivity index (χ4v) is 2.17. The van der Waals surface area contributed by atoms with Crippen LogP contribution in [0.3, 0.4) is 0 Å². The first-order chi connectivity index (χ1) is 7.15. The molecule has 1 unspecified atom stereocenters. The molecular formula is C11H15NO2S. The van der Waals surface area contributed by atoms with Crippen molar-refractivity contribution in [2.24, 2.45) is 5.92 Å². The highest BCUT2D eigenvalue weighted by atomic mass is 32.2. The van der Waals surface area contributed by atoms with Gasteiger partial charge in [0.1, 0.15) is 0 Å². The van der Waals surface area contributed by atoms with Crippen LogP contribution in [0, 0.1) is 5.92 Å². The number of aromatic nitrogens is 1. The zero-order valence-electron chi connectivity index (χ0n) is 8.93. The predicted molar refractivity (Wildman–Crippen MR) is 61.4 cm³/mol. The standard InChI is InChI=1S/C11H15NO2S/c1-3-8(2)7-15-10-4-5-12-6-9(10)11(13)14/h4-6,8H,3,7H2,1-2H3,(H,13,14). The van der Waals surface area contributed by atoms with Gasteiger partial charge < -0.3 is 5.11 Å². The van der Waals surface area contributed by atoms with E-state index < -0.39 is 5.97 Å². The molecule has 0 aliphatic carbocycles. The minimum Gasteiger partial charge on any atom is -0.478 e. The van der Waals surface area contributed by atoms with E-state index in [-0.39, 0.29) is 0 Å². The Morgan fingerprint density at radius 1 is 1.67 bits per heavy atom. The summed E-state index contributed by atoms with van der Waals surface area (Å²) in [4.78, 5) is 15.5. The summed E-state index contributed by atoms with van der Waals surface area (Å²) in [5.74, 6) is 0.639. The minimum atomic E-state index is -0.908. The molecule has 0 radical (unpaired) electrons. The summed E-state index contributed by atoms with van der Waals surface area (Å²) in [7, 11) is 0. The highest BCUT2D eigenvalue weighted by Gasteiger charge is 2.10. The van der Waals surface area contributed by atoms with E-state index in [1.54, 1.807) is 24.0 Å². The number of carbonyl (C=O) groups is 1. The van der Waals surface area contributed by atoms with Gasteiger partial charge in [0, 0.05) is 23.0 Å². The van der Waals surface area contributed by atoms with Gasteiger partial charge in [-0.15, -0.1) is 11.8 Å². The second-order valence-electron chi connectivity index (χ2n) is 3.50. The minimum absolute atomic E-state index is 0.297. The Balaban J connectivity index is 2.72. The van der Waals surface area contributed by atoms with Crippen molar-refractivity contribution in [3.63, 3.8) is 0 Å². The molecule has 0 fully saturated rings. The smallest absolute Gasteiger partial charge is 0.338 e. The molecule has 3 nitrogen and oxygen atoms in total. The van der Waals surface area contributed by atoms with Crippen molar-refractivity contribution in [3.05, 3.63) is 24.0 Å². The van der Waals surface area contributed by atoms with Crippen LogP contribution >= 0.6 is 11.8 Å². The lowest BCUT2D eigenvalue weighted by Crippen LogP contribution is -2.01. The largest absolute Gasteiger partial charge is 0.478 e. The molecule has 1 aromatic heterocycles. The van der Waals surface area contributed by atoms with Gasteiger partial charge in [-0.2, -0.15) is 0 Å². The summed E-state index contributed by atoms with van der Waals surface area (Å²) in [6.45, 7) is 4.30. The Morgan fingerprint density at radius 3 is 3.00 bits per heavy atom. The SMILES string of the molecule is CCC(C)CSc1ccncc1C(=O)O. The molecule has 0 bridgehead atoms. The van der Waals surface area contributed by atoms with E-state index in [0.717, 1.165) is 17.1 Å². The molecule has 1 heterocycles. The topological polar surface area (TPSA) is 50.2 Å². The molecule has 1 N–H and O–H groups in total. The van der Waals surface area contributed by atoms with Gasteiger partial charge in [-0.3, -0.25) is 4.98 Å². The van der Waals surface area contributed by atoms with Gasteiger partial charge in [0.05, 0.1) is 5.56 Å². The van der Waals surface area contributed by atoms with Crippen molar-refractivity contribution in [2.75, 3.05) is 5.75 Å². The summed E-state index contributed by atoms with van der Waals surface area (Å²) < 4.78 is 0. The van der Waals surface area contributed by atoms with Crippen molar-refractivity contribution in [1.82, 2.24) is 4.98 Å². The zero-order valence-corrected chi connectivity index (χ0v) is 9.75. The highest BCUT2D eigenvalue weighted by molar-refractivity contribution is 7.99. The first-order valence-corrected chi connectivity index (χ1v) is 5.93. The number of carboxylic acids is 1. The van der Waals surface area contributed by atoms with E-state index in [0.29, 0.717) is 11.5 Å². The fourth-order valence-electron chi connectivity index (χ4n) is 1.02. The average Bonchev–Trinajstić information content (AvgIpc) is 2.26. The number of carboxylic acid groups (broad SMARTS) is 1. The number of hydrogen-bond donors (Lipinski definition) is 1. The van der Waals surface area contributed by atoms with Gasteiger partial charge in [0.25, 0.3) is 0 Å². The monoisotopic (exact) mass is 225 g/mol. The van der Waals surface area contributed by atoms with Crippen molar-refractivity contribution in [3.8, 4) is 0 Å². The molecule has 1 aromatic rings. The molecular weight excluding hydrogens is 210 g/mol. The van der Waals surface area contributed by atoms with Crippen LogP contribution in [0.15, 0.2) is 23.4 Å². The average molecular weight is 225 g/mol. The summed E-state index contributed by atoms with van der Waals surface area (Å²) in [6, 6.07) is 1.76. The molecule has 1 rings (SSSR count). The van der Waals surface area contributed by atoms with Crippen molar-refractivity contribution < 1.29 is 9.90 Å². The van der Waals surface area contributed by atoms with Crippen molar-refractivity contribution >= 4 is 17.7 Å². The van der Waals surface area contributed by atoms with Gasteiger partial charge in [0.2, 0.25) is 0 Å². The summed E-state index contributed by atoms with van der Waals surface area (Å²) >= 11 is 1.59. The van der Waals surface area contributed by atoms with E-state index in [2.05, 4.69) is 18.8 Å². The van der Waals surface area contributed by atoms with Gasteiger partial charge in [-0.05, 0) is 12.0 Å². The normalized spacial score (nSPS) is 12.4. The molecule has 0 saturated carbocycles. The first kappa shape index (κ1) is 12.0. The molecule has 0 spiro atoms. The Morgan fingerprint density at radius 2 is 2.40 bits per heavy atom. The Bertz CT molecular complexity index is 341. The number of hydrogen-bond acceptors (Lipinski definition) is 3. The molecule has 0 aliphatic rings. The van der Waals surface area contributed by atoms with Gasteiger partial charge in [0.15, 0.2) is 0 Å². The molecule has 1 atom stereocenters. The zero-order chi connectivity index (χ0) is 11.3. The lowest BCUT2D eigenvalue weighted by atomic mass is 10.2.